The summed E-state index contributed by atoms with van der Waals surface area (Å²) in [5, 5.41) is 7.16. The first-order chi connectivity index (χ1) is 15.6. The molecule has 3 aromatic rings. The Morgan fingerprint density at radius 2 is 1.81 bits per heavy atom. The molecule has 2 heterocycles. The minimum Gasteiger partial charge on any atom is -0.290 e. The van der Waals surface area contributed by atoms with Crippen LogP contribution in [-0.4, -0.2) is 34.6 Å². The lowest BCUT2D eigenvalue weighted by Gasteiger charge is -2.30. The zero-order chi connectivity index (χ0) is 22.1. The predicted octanol–water partition coefficient (Wildman–Crippen LogP) is 5.38. The standard InChI is InChI=1S/C27H26ClN3O/c1-19-7-6-10-21(15-19)25-16-26(23-11-4-5-12-24(23)28)31(29-25)27(32)18-30-14-13-20-8-2-3-9-22(20)17-30/h2-12,15,26H,13-14,16-18H2,1H3/t26-/m1/s1. The van der Waals surface area contributed by atoms with E-state index >= 15 is 0 Å². The monoisotopic (exact) mass is 443 g/mol. The van der Waals surface area contributed by atoms with Gasteiger partial charge in [0.05, 0.1) is 18.3 Å². The molecule has 0 aliphatic carbocycles. The molecule has 1 atom stereocenters. The van der Waals surface area contributed by atoms with E-state index in [1.165, 1.54) is 16.7 Å². The van der Waals surface area contributed by atoms with Gasteiger partial charge in [0.15, 0.2) is 0 Å². The van der Waals surface area contributed by atoms with Crippen molar-refractivity contribution in [2.24, 2.45) is 5.10 Å². The van der Waals surface area contributed by atoms with Crippen LogP contribution in [0.2, 0.25) is 5.02 Å². The number of hydrogen-bond acceptors (Lipinski definition) is 3. The number of nitrogens with zero attached hydrogens (tertiary/aromatic N) is 3. The first-order valence-corrected chi connectivity index (χ1v) is 11.5. The molecule has 0 N–H and O–H groups in total. The molecule has 0 saturated carbocycles. The summed E-state index contributed by atoms with van der Waals surface area (Å²) in [4.78, 5) is 15.7. The highest BCUT2D eigenvalue weighted by atomic mass is 35.5. The van der Waals surface area contributed by atoms with Crippen LogP contribution in [0.15, 0.2) is 77.9 Å². The number of aryl methyl sites for hydroxylation is 1. The predicted molar refractivity (Wildman–Crippen MR) is 129 cm³/mol. The lowest BCUT2D eigenvalue weighted by atomic mass is 9.97. The quantitative estimate of drug-likeness (QED) is 0.542. The Bertz CT molecular complexity index is 1190. The van der Waals surface area contributed by atoms with Gasteiger partial charge in [-0.15, -0.1) is 0 Å². The van der Waals surface area contributed by atoms with E-state index in [2.05, 4.69) is 54.3 Å². The summed E-state index contributed by atoms with van der Waals surface area (Å²) in [6.45, 7) is 4.09. The lowest BCUT2D eigenvalue weighted by Crippen LogP contribution is -2.40. The Morgan fingerprint density at radius 3 is 2.62 bits per heavy atom. The van der Waals surface area contributed by atoms with Crippen molar-refractivity contribution < 1.29 is 4.79 Å². The number of rotatable bonds is 4. The molecule has 0 spiro atoms. The maximum absolute atomic E-state index is 13.5. The van der Waals surface area contributed by atoms with Crippen molar-refractivity contribution in [1.29, 1.82) is 0 Å². The number of benzene rings is 3. The molecule has 5 rings (SSSR count). The zero-order valence-electron chi connectivity index (χ0n) is 18.2. The Morgan fingerprint density at radius 1 is 1.03 bits per heavy atom. The van der Waals surface area contributed by atoms with E-state index in [1.807, 2.05) is 30.3 Å². The summed E-state index contributed by atoms with van der Waals surface area (Å²) in [7, 11) is 0. The summed E-state index contributed by atoms with van der Waals surface area (Å²) in [5.74, 6) is 0.0111. The third kappa shape index (κ3) is 4.21. The fraction of sp³-hybridized carbons (Fsp3) is 0.259. The number of halogens is 1. The van der Waals surface area contributed by atoms with Gasteiger partial charge in [0.1, 0.15) is 0 Å². The van der Waals surface area contributed by atoms with Crippen LogP contribution in [-0.2, 0) is 17.8 Å². The number of carbonyl (C=O) groups is 1. The van der Waals surface area contributed by atoms with Crippen molar-refractivity contribution in [3.8, 4) is 0 Å². The molecule has 0 fully saturated rings. The fourth-order valence-corrected chi connectivity index (χ4v) is 4.94. The molecule has 32 heavy (non-hydrogen) atoms. The summed E-state index contributed by atoms with van der Waals surface area (Å²) in [5.41, 5.74) is 6.79. The van der Waals surface area contributed by atoms with Crippen LogP contribution in [0.5, 0.6) is 0 Å². The molecule has 0 bridgehead atoms. The smallest absolute Gasteiger partial charge is 0.257 e. The van der Waals surface area contributed by atoms with Gasteiger partial charge in [-0.25, -0.2) is 5.01 Å². The molecule has 162 valence electrons. The molecule has 0 saturated heterocycles. The number of amides is 1. The highest BCUT2D eigenvalue weighted by Gasteiger charge is 2.35. The van der Waals surface area contributed by atoms with Crippen LogP contribution < -0.4 is 0 Å². The average molecular weight is 444 g/mol. The van der Waals surface area contributed by atoms with Gasteiger partial charge in [-0.05, 0) is 41.7 Å². The maximum Gasteiger partial charge on any atom is 0.257 e. The van der Waals surface area contributed by atoms with E-state index < -0.39 is 0 Å². The molecule has 4 nitrogen and oxygen atoms in total. The topological polar surface area (TPSA) is 35.9 Å². The van der Waals surface area contributed by atoms with Gasteiger partial charge in [-0.1, -0.05) is 83.9 Å². The van der Waals surface area contributed by atoms with Crippen molar-refractivity contribution in [2.45, 2.75) is 32.4 Å². The number of hydrogen-bond donors (Lipinski definition) is 0. The van der Waals surface area contributed by atoms with Crippen molar-refractivity contribution in [3.63, 3.8) is 0 Å². The Balaban J connectivity index is 1.41. The molecule has 0 unspecified atom stereocenters. The van der Waals surface area contributed by atoms with Crippen molar-refractivity contribution in [2.75, 3.05) is 13.1 Å². The van der Waals surface area contributed by atoms with Crippen molar-refractivity contribution >= 4 is 23.2 Å². The molecular weight excluding hydrogens is 418 g/mol. The van der Waals surface area contributed by atoms with E-state index in [0.29, 0.717) is 18.0 Å². The molecule has 3 aromatic carbocycles. The molecular formula is C27H26ClN3O. The Hall–Kier alpha value is -2.95. The zero-order valence-corrected chi connectivity index (χ0v) is 18.9. The number of hydrazone groups is 1. The fourth-order valence-electron chi connectivity index (χ4n) is 4.68. The number of carbonyl (C=O) groups excluding carboxylic acids is 1. The molecule has 2 aliphatic heterocycles. The molecule has 0 aromatic heterocycles. The van der Waals surface area contributed by atoms with Crippen molar-refractivity contribution in [3.05, 3.63) is 106 Å². The normalized spacial score (nSPS) is 18.4. The Labute approximate surface area is 194 Å². The second-order valence-corrected chi connectivity index (χ2v) is 9.03. The first kappa shape index (κ1) is 20.9. The van der Waals surface area contributed by atoms with Crippen LogP contribution >= 0.6 is 11.6 Å². The highest BCUT2D eigenvalue weighted by molar-refractivity contribution is 6.31. The Kier molecular flexibility index (Phi) is 5.81. The molecule has 1 amide bonds. The van der Waals surface area contributed by atoms with E-state index in [4.69, 9.17) is 16.7 Å². The highest BCUT2D eigenvalue weighted by Crippen LogP contribution is 2.36. The second-order valence-electron chi connectivity index (χ2n) is 8.63. The maximum atomic E-state index is 13.5. The van der Waals surface area contributed by atoms with E-state index in [0.717, 1.165) is 36.3 Å². The van der Waals surface area contributed by atoms with Crippen LogP contribution in [0.4, 0.5) is 0 Å². The van der Waals surface area contributed by atoms with Gasteiger partial charge in [-0.2, -0.15) is 5.10 Å². The van der Waals surface area contributed by atoms with E-state index in [1.54, 1.807) is 5.01 Å². The van der Waals surface area contributed by atoms with Gasteiger partial charge < -0.3 is 0 Å². The minimum atomic E-state index is -0.191. The molecule has 5 heteroatoms. The van der Waals surface area contributed by atoms with Gasteiger partial charge in [0, 0.05) is 24.5 Å². The third-order valence-corrected chi connectivity index (χ3v) is 6.69. The van der Waals surface area contributed by atoms with Crippen LogP contribution in [0.3, 0.4) is 0 Å². The average Bonchev–Trinajstić information content (AvgIpc) is 3.25. The summed E-state index contributed by atoms with van der Waals surface area (Å²) < 4.78 is 0. The minimum absolute atomic E-state index is 0.0111. The van der Waals surface area contributed by atoms with E-state index in [-0.39, 0.29) is 11.9 Å². The van der Waals surface area contributed by atoms with Gasteiger partial charge in [0.25, 0.3) is 5.91 Å². The largest absolute Gasteiger partial charge is 0.290 e. The van der Waals surface area contributed by atoms with Crippen molar-refractivity contribution in [1.82, 2.24) is 9.91 Å². The molecule has 2 aliphatic rings. The van der Waals surface area contributed by atoms with E-state index in [9.17, 15) is 4.79 Å². The second kappa shape index (κ2) is 8.89. The van der Waals surface area contributed by atoms with Gasteiger partial charge >= 0.3 is 0 Å². The SMILES string of the molecule is Cc1cccc(C2=NN(C(=O)CN3CCc4ccccc4C3)[C@@H](c3ccccc3Cl)C2)c1. The first-order valence-electron chi connectivity index (χ1n) is 11.1. The molecule has 0 radical (unpaired) electrons. The van der Waals surface area contributed by atoms with Crippen LogP contribution in [0, 0.1) is 6.92 Å². The summed E-state index contributed by atoms with van der Waals surface area (Å²) in [6.07, 6.45) is 1.62. The lowest BCUT2D eigenvalue weighted by molar-refractivity contribution is -0.134. The van der Waals surface area contributed by atoms with Crippen LogP contribution in [0.25, 0.3) is 0 Å². The number of fused-ring (bicyclic) bond motifs is 1. The van der Waals surface area contributed by atoms with Gasteiger partial charge in [0.2, 0.25) is 0 Å². The van der Waals surface area contributed by atoms with Crippen LogP contribution in [0.1, 0.15) is 40.3 Å². The van der Waals surface area contributed by atoms with Gasteiger partial charge in [-0.3, -0.25) is 9.69 Å². The summed E-state index contributed by atoms with van der Waals surface area (Å²) in [6, 6.07) is 24.3. The third-order valence-electron chi connectivity index (χ3n) is 6.35. The summed E-state index contributed by atoms with van der Waals surface area (Å²) >= 11 is 6.54.